The number of hydrogen-bond donors (Lipinski definition) is 0. The molecule has 156 valence electrons. The fourth-order valence-corrected chi connectivity index (χ4v) is 3.32. The molecule has 4 rings (SSSR count). The molecule has 0 unspecified atom stereocenters. The Balaban J connectivity index is 1.26. The van der Waals surface area contributed by atoms with E-state index >= 15 is 0 Å². The highest BCUT2D eigenvalue weighted by molar-refractivity contribution is 5.76. The van der Waals surface area contributed by atoms with Gasteiger partial charge in [-0.25, -0.2) is 9.97 Å². The number of benzene rings is 1. The zero-order valence-electron chi connectivity index (χ0n) is 16.9. The number of carbonyl (C=O) groups excluding carboxylic acids is 1. The summed E-state index contributed by atoms with van der Waals surface area (Å²) < 4.78 is 10.8. The monoisotopic (exact) mass is 408 g/mol. The van der Waals surface area contributed by atoms with Gasteiger partial charge in [-0.3, -0.25) is 4.79 Å². The molecule has 3 aromatic rings. The molecule has 9 heteroatoms. The summed E-state index contributed by atoms with van der Waals surface area (Å²) in [6.45, 7) is 5.31. The van der Waals surface area contributed by atoms with Gasteiger partial charge in [0.05, 0.1) is 6.61 Å². The molecule has 3 heterocycles. The van der Waals surface area contributed by atoms with Crippen LogP contribution in [0.3, 0.4) is 0 Å². The number of aryl methyl sites for hydroxylation is 1. The average Bonchev–Trinajstić information content (AvgIpc) is 3.28. The van der Waals surface area contributed by atoms with Crippen LogP contribution in [0.2, 0.25) is 0 Å². The van der Waals surface area contributed by atoms with Crippen LogP contribution in [0.5, 0.6) is 5.75 Å². The molecule has 0 spiro atoms. The standard InChI is InChI=1S/C21H24N6O3/c1-2-29-17-6-4-16(5-7-17)20-24-18(30-25-20)8-9-19(28)26-12-14-27(15-13-26)21-22-10-3-11-23-21/h3-7,10-11H,2,8-9,12-15H2,1H3. The number of anilines is 1. The zero-order chi connectivity index (χ0) is 20.8. The van der Waals surface area contributed by atoms with Crippen molar-refractivity contribution in [3.05, 3.63) is 48.6 Å². The highest BCUT2D eigenvalue weighted by Gasteiger charge is 2.22. The first-order valence-corrected chi connectivity index (χ1v) is 10.1. The van der Waals surface area contributed by atoms with Crippen molar-refractivity contribution in [2.45, 2.75) is 19.8 Å². The Bertz CT molecular complexity index is 952. The van der Waals surface area contributed by atoms with Crippen LogP contribution in [-0.4, -0.2) is 63.7 Å². The SMILES string of the molecule is CCOc1ccc(-c2noc(CCC(=O)N3CCN(c4ncccn4)CC3)n2)cc1. The highest BCUT2D eigenvalue weighted by Crippen LogP contribution is 2.20. The number of piperazine rings is 1. The highest BCUT2D eigenvalue weighted by atomic mass is 16.5. The van der Waals surface area contributed by atoms with Crippen molar-refractivity contribution >= 4 is 11.9 Å². The molecule has 0 aliphatic carbocycles. The lowest BCUT2D eigenvalue weighted by atomic mass is 10.2. The minimum atomic E-state index is 0.0875. The van der Waals surface area contributed by atoms with Gasteiger partial charge in [-0.05, 0) is 37.3 Å². The van der Waals surface area contributed by atoms with E-state index in [4.69, 9.17) is 9.26 Å². The van der Waals surface area contributed by atoms with E-state index in [-0.39, 0.29) is 5.91 Å². The van der Waals surface area contributed by atoms with Crippen LogP contribution in [-0.2, 0) is 11.2 Å². The summed E-state index contributed by atoms with van der Waals surface area (Å²) in [5.74, 6) is 2.57. The molecular weight excluding hydrogens is 384 g/mol. The van der Waals surface area contributed by atoms with Crippen LogP contribution >= 0.6 is 0 Å². The van der Waals surface area contributed by atoms with Crippen molar-refractivity contribution in [2.24, 2.45) is 0 Å². The first-order valence-electron chi connectivity index (χ1n) is 10.1. The van der Waals surface area contributed by atoms with Gasteiger partial charge in [-0.1, -0.05) is 5.16 Å². The summed E-state index contributed by atoms with van der Waals surface area (Å²) in [7, 11) is 0. The Labute approximate surface area is 174 Å². The second kappa shape index (κ2) is 9.34. The van der Waals surface area contributed by atoms with Crippen LogP contribution in [0.25, 0.3) is 11.4 Å². The first-order chi connectivity index (χ1) is 14.7. The Morgan fingerprint density at radius 1 is 1.10 bits per heavy atom. The second-order valence-electron chi connectivity index (χ2n) is 6.89. The molecule has 0 atom stereocenters. The normalized spacial score (nSPS) is 14.0. The molecule has 1 saturated heterocycles. The molecular formula is C21H24N6O3. The van der Waals surface area contributed by atoms with Crippen LogP contribution < -0.4 is 9.64 Å². The lowest BCUT2D eigenvalue weighted by Gasteiger charge is -2.34. The number of hydrogen-bond acceptors (Lipinski definition) is 8. The summed E-state index contributed by atoms with van der Waals surface area (Å²) in [4.78, 5) is 29.5. The van der Waals surface area contributed by atoms with Gasteiger partial charge in [0.1, 0.15) is 5.75 Å². The van der Waals surface area contributed by atoms with Crippen molar-refractivity contribution < 1.29 is 14.1 Å². The van der Waals surface area contributed by atoms with Crippen LogP contribution in [0.1, 0.15) is 19.2 Å². The minimum absolute atomic E-state index is 0.0875. The average molecular weight is 408 g/mol. The van der Waals surface area contributed by atoms with E-state index in [1.807, 2.05) is 36.1 Å². The number of amides is 1. The predicted octanol–water partition coefficient (Wildman–Crippen LogP) is 2.21. The van der Waals surface area contributed by atoms with Crippen molar-refractivity contribution in [2.75, 3.05) is 37.7 Å². The maximum atomic E-state index is 12.6. The van der Waals surface area contributed by atoms with E-state index in [0.29, 0.717) is 50.2 Å². The molecule has 1 aliphatic heterocycles. The maximum absolute atomic E-state index is 12.6. The van der Waals surface area contributed by atoms with Crippen molar-refractivity contribution in [1.82, 2.24) is 25.0 Å². The van der Waals surface area contributed by atoms with Gasteiger partial charge in [-0.15, -0.1) is 0 Å². The maximum Gasteiger partial charge on any atom is 0.227 e. The Hall–Kier alpha value is -3.49. The lowest BCUT2D eigenvalue weighted by molar-refractivity contribution is -0.131. The van der Waals surface area contributed by atoms with Gasteiger partial charge < -0.3 is 19.1 Å². The fourth-order valence-electron chi connectivity index (χ4n) is 3.32. The van der Waals surface area contributed by atoms with Crippen LogP contribution in [0, 0.1) is 0 Å². The quantitative estimate of drug-likeness (QED) is 0.587. The Morgan fingerprint density at radius 3 is 2.53 bits per heavy atom. The zero-order valence-corrected chi connectivity index (χ0v) is 16.9. The summed E-state index contributed by atoms with van der Waals surface area (Å²) in [6, 6.07) is 9.32. The van der Waals surface area contributed by atoms with Crippen molar-refractivity contribution in [3.63, 3.8) is 0 Å². The molecule has 0 N–H and O–H groups in total. The van der Waals surface area contributed by atoms with Gasteiger partial charge in [0, 0.05) is 57.0 Å². The lowest BCUT2D eigenvalue weighted by Crippen LogP contribution is -2.49. The molecule has 2 aromatic heterocycles. The number of aromatic nitrogens is 4. The first kappa shape index (κ1) is 19.8. The Morgan fingerprint density at radius 2 is 1.83 bits per heavy atom. The van der Waals surface area contributed by atoms with Gasteiger partial charge in [-0.2, -0.15) is 4.98 Å². The molecule has 30 heavy (non-hydrogen) atoms. The number of rotatable bonds is 7. The van der Waals surface area contributed by atoms with Gasteiger partial charge in [0.15, 0.2) is 0 Å². The third-order valence-corrected chi connectivity index (χ3v) is 4.91. The van der Waals surface area contributed by atoms with E-state index < -0.39 is 0 Å². The van der Waals surface area contributed by atoms with Crippen molar-refractivity contribution in [3.8, 4) is 17.1 Å². The van der Waals surface area contributed by atoms with E-state index in [2.05, 4.69) is 25.0 Å². The topological polar surface area (TPSA) is 97.5 Å². The fraction of sp³-hybridized carbons (Fsp3) is 0.381. The summed E-state index contributed by atoms with van der Waals surface area (Å²) >= 11 is 0. The Kier molecular flexibility index (Phi) is 6.17. The van der Waals surface area contributed by atoms with E-state index in [1.54, 1.807) is 18.5 Å². The molecule has 0 bridgehead atoms. The summed E-state index contributed by atoms with van der Waals surface area (Å²) in [5, 5.41) is 4.02. The summed E-state index contributed by atoms with van der Waals surface area (Å²) in [5.41, 5.74) is 0.846. The van der Waals surface area contributed by atoms with Gasteiger partial charge in [0.2, 0.25) is 23.6 Å². The number of ether oxygens (including phenoxy) is 1. The van der Waals surface area contributed by atoms with Gasteiger partial charge in [0.25, 0.3) is 0 Å². The van der Waals surface area contributed by atoms with Gasteiger partial charge >= 0.3 is 0 Å². The molecule has 1 fully saturated rings. The molecule has 9 nitrogen and oxygen atoms in total. The van der Waals surface area contributed by atoms with E-state index in [9.17, 15) is 4.79 Å². The minimum Gasteiger partial charge on any atom is -0.494 e. The summed E-state index contributed by atoms with van der Waals surface area (Å²) in [6.07, 6.45) is 4.22. The number of carbonyl (C=O) groups is 1. The predicted molar refractivity (Wildman–Crippen MR) is 110 cm³/mol. The molecule has 1 amide bonds. The molecule has 0 saturated carbocycles. The third kappa shape index (κ3) is 4.73. The van der Waals surface area contributed by atoms with Crippen molar-refractivity contribution in [1.29, 1.82) is 0 Å². The van der Waals surface area contributed by atoms with Crippen LogP contribution in [0.4, 0.5) is 5.95 Å². The second-order valence-corrected chi connectivity index (χ2v) is 6.89. The molecule has 0 radical (unpaired) electrons. The third-order valence-electron chi connectivity index (χ3n) is 4.91. The molecule has 1 aliphatic rings. The van der Waals surface area contributed by atoms with E-state index in [1.165, 1.54) is 0 Å². The van der Waals surface area contributed by atoms with E-state index in [0.717, 1.165) is 24.4 Å². The molecule has 1 aromatic carbocycles. The smallest absolute Gasteiger partial charge is 0.227 e. The number of nitrogens with zero attached hydrogens (tertiary/aromatic N) is 6. The largest absolute Gasteiger partial charge is 0.494 e. The van der Waals surface area contributed by atoms with Crippen LogP contribution in [0.15, 0.2) is 47.2 Å².